The number of pyridine rings is 4. The van der Waals surface area contributed by atoms with Crippen molar-refractivity contribution in [1.82, 2.24) is 19.9 Å². The predicted octanol–water partition coefficient (Wildman–Crippen LogP) is 7.42. The first-order chi connectivity index (χ1) is 15.6. The van der Waals surface area contributed by atoms with Gasteiger partial charge in [0.25, 0.3) is 0 Å². The molecule has 174 valence electrons. The van der Waals surface area contributed by atoms with Crippen LogP contribution in [-0.2, 0) is 13.5 Å². The van der Waals surface area contributed by atoms with E-state index in [9.17, 15) is 0 Å². The molecule has 0 saturated heterocycles. The summed E-state index contributed by atoms with van der Waals surface area (Å²) in [5, 5.41) is 0. The fourth-order valence-electron chi connectivity index (χ4n) is 2.34. The molecule has 0 spiro atoms. The van der Waals surface area contributed by atoms with Crippen LogP contribution in [0, 0.1) is 7.43 Å². The molecule has 0 atom stereocenters. The van der Waals surface area contributed by atoms with E-state index in [0.717, 1.165) is 0 Å². The van der Waals surface area contributed by atoms with Crippen LogP contribution in [0.5, 0.6) is 0 Å². The Balaban J connectivity index is 0.000000250. The van der Waals surface area contributed by atoms with Crippen LogP contribution in [-0.4, -0.2) is 24.5 Å². The van der Waals surface area contributed by atoms with Gasteiger partial charge in [0, 0.05) is 49.6 Å². The molecule has 0 aromatic carbocycles. The Morgan fingerprint density at radius 2 is 0.818 bits per heavy atom. The van der Waals surface area contributed by atoms with E-state index in [-0.39, 0.29) is 7.43 Å². The summed E-state index contributed by atoms with van der Waals surface area (Å²) in [5.41, 5.74) is 5.93. The topological polar surface area (TPSA) is 51.6 Å². The van der Waals surface area contributed by atoms with Gasteiger partial charge in [-0.3, -0.25) is 19.9 Å². The Morgan fingerprint density at radius 3 is 0.970 bits per heavy atom. The molecule has 0 saturated carbocycles. The van der Waals surface area contributed by atoms with Gasteiger partial charge in [-0.25, -0.2) is 0 Å². The van der Waals surface area contributed by atoms with Crippen molar-refractivity contribution in [2.45, 2.75) is 13.8 Å². The third-order valence-electron chi connectivity index (χ3n) is 3.87. The molecule has 4 aromatic rings. The summed E-state index contributed by atoms with van der Waals surface area (Å²) in [4.78, 5) is 15.8. The van der Waals surface area contributed by atoms with Crippen LogP contribution in [0.25, 0.3) is 22.3 Å². The van der Waals surface area contributed by atoms with Crippen molar-refractivity contribution >= 4 is 24.0 Å². The van der Waals surface area contributed by atoms with E-state index in [1.807, 2.05) is 73.1 Å². The maximum Gasteiger partial charge on any atom is 0.0273 e. The maximum atomic E-state index is 5.53. The van der Waals surface area contributed by atoms with Crippen LogP contribution < -0.4 is 0 Å². The molecule has 7 heteroatoms. The zero-order chi connectivity index (χ0) is 23.0. The smallest absolute Gasteiger partial charge is 0.0273 e. The molecule has 0 radical (unpaired) electrons. The van der Waals surface area contributed by atoms with Crippen LogP contribution in [0.1, 0.15) is 13.8 Å². The summed E-state index contributed by atoms with van der Waals surface area (Å²) in [7, 11) is 11.1. The summed E-state index contributed by atoms with van der Waals surface area (Å²) in [6, 6.07) is 15.9. The molecular formula is C26H27Cl2N4Ru-. The average molecular weight is 568 g/mol. The zero-order valence-corrected chi connectivity index (χ0v) is 22.0. The minimum Gasteiger partial charge on any atom is -0.358 e. The average Bonchev–Trinajstić information content (AvgIpc) is 2.86. The van der Waals surface area contributed by atoms with Crippen molar-refractivity contribution in [3.63, 3.8) is 0 Å². The molecule has 4 heterocycles. The molecule has 0 aliphatic carbocycles. The van der Waals surface area contributed by atoms with Crippen molar-refractivity contribution in [2.75, 3.05) is 0 Å². The molecule has 4 aromatic heterocycles. The van der Waals surface area contributed by atoms with Gasteiger partial charge in [0.05, 0.1) is 0 Å². The van der Waals surface area contributed by atoms with E-state index >= 15 is 0 Å². The molecule has 0 amide bonds. The van der Waals surface area contributed by atoms with Crippen LogP contribution in [0.3, 0.4) is 0 Å². The summed E-state index contributed by atoms with van der Waals surface area (Å²) in [6.07, 6.45) is 16.3. The van der Waals surface area contributed by atoms with E-state index in [2.05, 4.69) is 19.9 Å². The van der Waals surface area contributed by atoms with Crippen LogP contribution in [0.15, 0.2) is 110 Å². The Bertz CT molecular complexity index is 918. The number of aromatic nitrogens is 4. The Kier molecular flexibility index (Phi) is 14.6. The fourth-order valence-corrected chi connectivity index (χ4v) is 3.67. The molecule has 0 fully saturated rings. The molecule has 0 N–H and O–H groups in total. The number of halogens is 2. The molecular weight excluding hydrogens is 540 g/mol. The van der Waals surface area contributed by atoms with E-state index in [0.29, 0.717) is 0 Å². The van der Waals surface area contributed by atoms with E-state index < -0.39 is 13.5 Å². The van der Waals surface area contributed by atoms with Crippen LogP contribution in [0.4, 0.5) is 0 Å². The van der Waals surface area contributed by atoms with Gasteiger partial charge in [0.2, 0.25) is 0 Å². The summed E-state index contributed by atoms with van der Waals surface area (Å²) in [5.74, 6) is 0. The van der Waals surface area contributed by atoms with Crippen molar-refractivity contribution in [2.24, 2.45) is 0 Å². The number of hydrogen-bond donors (Lipinski definition) is 0. The van der Waals surface area contributed by atoms with Gasteiger partial charge in [0.1, 0.15) is 0 Å². The Morgan fingerprint density at radius 1 is 0.576 bits per heavy atom. The number of rotatable bonds is 3. The van der Waals surface area contributed by atoms with Gasteiger partial charge in [-0.05, 0) is 70.8 Å². The zero-order valence-electron chi connectivity index (χ0n) is 18.8. The standard InChI is InChI=1S/2C10H8N2.C5H8.CH3.2ClH.Ru/c2*1-5-11-6-2-9(1)10-3-7-12-8-4-10;1-4-5(2)3;;;;/h2*1-8H;1,4H,2-3H3;1H3;2*1H;/q;;;-1;;;+2/p-2. The SMILES string of the molecule is CC(C)=C[CH]=[Ru]([Cl])[Cl].[CH3-].c1cc(-c2ccncc2)ccn1.c1cc(-c2ccncc2)ccn1. The molecule has 0 unspecified atom stereocenters. The molecule has 0 aliphatic rings. The second-order valence-electron chi connectivity index (χ2n) is 6.51. The minimum atomic E-state index is -1.52. The molecule has 33 heavy (non-hydrogen) atoms. The van der Waals surface area contributed by atoms with E-state index in [1.165, 1.54) is 27.8 Å². The number of hydrogen-bond acceptors (Lipinski definition) is 4. The first kappa shape index (κ1) is 28.4. The second kappa shape index (κ2) is 17.0. The minimum absolute atomic E-state index is 0. The molecule has 0 bridgehead atoms. The predicted molar refractivity (Wildman–Crippen MR) is 139 cm³/mol. The molecule has 4 rings (SSSR count). The Hall–Kier alpha value is -2.59. The van der Waals surface area contributed by atoms with Crippen LogP contribution in [0.2, 0.25) is 0 Å². The first-order valence-electron chi connectivity index (χ1n) is 9.64. The summed E-state index contributed by atoms with van der Waals surface area (Å²) >= 11 is -1.52. The fraction of sp³-hybridized carbons (Fsp3) is 0.0769. The van der Waals surface area contributed by atoms with Crippen molar-refractivity contribution in [3.05, 3.63) is 117 Å². The number of allylic oxidation sites excluding steroid dienone is 2. The first-order valence-corrected chi connectivity index (χ1v) is 15.1. The van der Waals surface area contributed by atoms with Crippen molar-refractivity contribution in [3.8, 4) is 22.3 Å². The second-order valence-corrected chi connectivity index (χ2v) is 12.3. The quantitative estimate of drug-likeness (QED) is 0.191. The van der Waals surface area contributed by atoms with Gasteiger partial charge in [-0.2, -0.15) is 0 Å². The third-order valence-corrected chi connectivity index (χ3v) is 5.65. The van der Waals surface area contributed by atoms with Gasteiger partial charge in [-0.15, -0.1) is 0 Å². The monoisotopic (exact) mass is 567 g/mol. The largest absolute Gasteiger partial charge is 0.358 e. The number of nitrogens with zero attached hydrogens (tertiary/aromatic N) is 4. The third kappa shape index (κ3) is 12.3. The van der Waals surface area contributed by atoms with E-state index in [4.69, 9.17) is 19.4 Å². The molecule has 4 nitrogen and oxygen atoms in total. The summed E-state index contributed by atoms with van der Waals surface area (Å²) < 4.78 is 1.88. The van der Waals surface area contributed by atoms with Gasteiger partial charge >= 0.3 is 63.0 Å². The van der Waals surface area contributed by atoms with E-state index in [1.54, 1.807) is 49.6 Å². The Labute approximate surface area is 209 Å². The van der Waals surface area contributed by atoms with Gasteiger partial charge in [-0.1, -0.05) is 0 Å². The maximum absolute atomic E-state index is 5.53. The normalized spacial score (nSPS) is 9.52. The van der Waals surface area contributed by atoms with Crippen LogP contribution >= 0.6 is 19.4 Å². The molecule has 0 aliphatic heterocycles. The summed E-state index contributed by atoms with van der Waals surface area (Å²) in [6.45, 7) is 4.03. The van der Waals surface area contributed by atoms with Gasteiger partial charge < -0.3 is 7.43 Å². The van der Waals surface area contributed by atoms with Crippen molar-refractivity contribution < 1.29 is 13.5 Å². The van der Waals surface area contributed by atoms with Gasteiger partial charge in [0.15, 0.2) is 0 Å². The van der Waals surface area contributed by atoms with Crippen molar-refractivity contribution in [1.29, 1.82) is 0 Å².